The Kier molecular flexibility index (Phi) is 6.45. The predicted molar refractivity (Wildman–Crippen MR) is 76.3 cm³/mol. The molecule has 1 rings (SSSR count). The van der Waals surface area contributed by atoms with Crippen molar-refractivity contribution in [2.24, 2.45) is 5.92 Å². The van der Waals surface area contributed by atoms with E-state index in [0.29, 0.717) is 0 Å². The van der Waals surface area contributed by atoms with Crippen molar-refractivity contribution in [1.29, 1.82) is 0 Å². The third-order valence-corrected chi connectivity index (χ3v) is 5.75. The van der Waals surface area contributed by atoms with Crippen molar-refractivity contribution < 1.29 is 57.4 Å². The maximum Gasteiger partial charge on any atom is 0.460 e. The van der Waals surface area contributed by atoms with Crippen LogP contribution in [0.2, 0.25) is 0 Å². The molecular weight excluding hydrogens is 437 g/mol. The Morgan fingerprint density at radius 1 is 1.04 bits per heavy atom. The van der Waals surface area contributed by atoms with Gasteiger partial charge in [-0.25, -0.2) is 8.42 Å². The van der Waals surface area contributed by atoms with E-state index in [1.54, 1.807) is 13.8 Å². The molecule has 0 aliphatic carbocycles. The zero-order valence-corrected chi connectivity index (χ0v) is 15.8. The molecule has 1 fully saturated rings. The highest BCUT2D eigenvalue weighted by Crippen LogP contribution is 2.56. The van der Waals surface area contributed by atoms with Gasteiger partial charge in [-0.3, -0.25) is 0 Å². The molecule has 1 heterocycles. The lowest BCUT2D eigenvalue weighted by molar-refractivity contribution is -0.382. The number of rotatable bonds is 7. The molecule has 0 saturated carbocycles. The summed E-state index contributed by atoms with van der Waals surface area (Å²) in [4.78, 5) is 0. The SMILES string of the molecule is CC(C)COC1CN(S(=O)(=O)C(F)(F)C(F)(F)C(F)(F)C(F)(F)F)C(C)(C)O1. The molecule has 0 aromatic rings. The van der Waals surface area contributed by atoms with Crippen LogP contribution in [0, 0.1) is 5.92 Å². The lowest BCUT2D eigenvalue weighted by Crippen LogP contribution is -2.66. The van der Waals surface area contributed by atoms with Crippen LogP contribution >= 0.6 is 0 Å². The summed E-state index contributed by atoms with van der Waals surface area (Å²) in [6, 6.07) is 0. The van der Waals surface area contributed by atoms with Gasteiger partial charge < -0.3 is 9.47 Å². The third kappa shape index (κ3) is 3.94. The van der Waals surface area contributed by atoms with Crippen molar-refractivity contribution in [2.75, 3.05) is 13.2 Å². The summed E-state index contributed by atoms with van der Waals surface area (Å²) >= 11 is 0. The molecule has 15 heteroatoms. The van der Waals surface area contributed by atoms with Gasteiger partial charge in [0.25, 0.3) is 10.0 Å². The monoisotopic (exact) mass is 455 g/mol. The van der Waals surface area contributed by atoms with E-state index in [-0.39, 0.29) is 12.5 Å². The zero-order chi connectivity index (χ0) is 22.6. The number of hydrogen-bond donors (Lipinski definition) is 0. The minimum absolute atomic E-state index is 0.0622. The zero-order valence-electron chi connectivity index (χ0n) is 15.0. The van der Waals surface area contributed by atoms with E-state index in [9.17, 15) is 47.9 Å². The second kappa shape index (κ2) is 7.16. The maximum atomic E-state index is 14.0. The molecule has 0 amide bonds. The van der Waals surface area contributed by atoms with E-state index >= 15 is 0 Å². The molecule has 0 spiro atoms. The van der Waals surface area contributed by atoms with E-state index in [4.69, 9.17) is 9.47 Å². The molecule has 168 valence electrons. The highest BCUT2D eigenvalue weighted by molar-refractivity contribution is 7.90. The number of hydrogen-bond acceptors (Lipinski definition) is 4. The Hall–Kier alpha value is -0.800. The minimum Gasteiger partial charge on any atom is -0.351 e. The predicted octanol–water partition coefficient (Wildman–Crippen LogP) is 3.81. The van der Waals surface area contributed by atoms with Crippen LogP contribution in [-0.4, -0.2) is 61.2 Å². The second-order valence-corrected chi connectivity index (χ2v) is 8.82. The van der Waals surface area contributed by atoms with E-state index in [2.05, 4.69) is 0 Å². The van der Waals surface area contributed by atoms with Crippen molar-refractivity contribution in [1.82, 2.24) is 4.31 Å². The van der Waals surface area contributed by atoms with Crippen LogP contribution in [0.1, 0.15) is 27.7 Å². The van der Waals surface area contributed by atoms with Crippen LogP contribution in [0.3, 0.4) is 0 Å². The fourth-order valence-electron chi connectivity index (χ4n) is 2.21. The maximum absolute atomic E-state index is 14.0. The van der Waals surface area contributed by atoms with Gasteiger partial charge in [0.2, 0.25) is 0 Å². The van der Waals surface area contributed by atoms with Gasteiger partial charge in [-0.15, -0.1) is 0 Å². The van der Waals surface area contributed by atoms with E-state index < -0.39 is 56.2 Å². The van der Waals surface area contributed by atoms with E-state index in [1.807, 2.05) is 0 Å². The molecule has 1 unspecified atom stereocenters. The molecule has 0 N–H and O–H groups in total. The summed E-state index contributed by atoms with van der Waals surface area (Å²) in [5.74, 6) is -14.8. The molecule has 1 aliphatic heterocycles. The molecule has 5 nitrogen and oxygen atoms in total. The first kappa shape index (κ1) is 25.2. The highest BCUT2D eigenvalue weighted by Gasteiger charge is 2.86. The van der Waals surface area contributed by atoms with Crippen LogP contribution in [0.4, 0.5) is 39.5 Å². The van der Waals surface area contributed by atoms with Gasteiger partial charge in [0, 0.05) is 0 Å². The molecule has 1 aliphatic rings. The highest BCUT2D eigenvalue weighted by atomic mass is 32.2. The average Bonchev–Trinajstić information content (AvgIpc) is 2.78. The first-order valence-electron chi connectivity index (χ1n) is 7.65. The molecule has 0 aromatic carbocycles. The van der Waals surface area contributed by atoms with Crippen molar-refractivity contribution in [3.63, 3.8) is 0 Å². The van der Waals surface area contributed by atoms with Gasteiger partial charge in [-0.05, 0) is 19.8 Å². The first-order chi connectivity index (χ1) is 12.1. The molecule has 0 bridgehead atoms. The second-order valence-electron chi connectivity index (χ2n) is 6.92. The average molecular weight is 455 g/mol. The quantitative estimate of drug-likeness (QED) is 0.548. The summed E-state index contributed by atoms with van der Waals surface area (Å²) in [5, 5.41) is -6.81. The normalized spacial score (nSPS) is 22.9. The number of ether oxygens (including phenoxy) is 2. The van der Waals surface area contributed by atoms with Crippen LogP contribution in [-0.2, 0) is 19.5 Å². The van der Waals surface area contributed by atoms with Crippen LogP contribution < -0.4 is 0 Å². The van der Waals surface area contributed by atoms with Crippen LogP contribution in [0.5, 0.6) is 0 Å². The van der Waals surface area contributed by atoms with E-state index in [0.717, 1.165) is 13.8 Å². The summed E-state index contributed by atoms with van der Waals surface area (Å²) in [6.07, 6.45) is -8.66. The Balaban J connectivity index is 3.33. The Morgan fingerprint density at radius 2 is 1.50 bits per heavy atom. The Morgan fingerprint density at radius 3 is 1.89 bits per heavy atom. The summed E-state index contributed by atoms with van der Waals surface area (Å²) < 4.78 is 151. The summed E-state index contributed by atoms with van der Waals surface area (Å²) in [5.41, 5.74) is -2.28. The Bertz CT molecular complexity index is 676. The van der Waals surface area contributed by atoms with Crippen LogP contribution in [0.15, 0.2) is 0 Å². The number of halogens is 9. The van der Waals surface area contributed by atoms with Gasteiger partial charge in [-0.1, -0.05) is 13.8 Å². The van der Waals surface area contributed by atoms with Gasteiger partial charge in [-0.2, -0.15) is 43.8 Å². The number of nitrogens with zero attached hydrogens (tertiary/aromatic N) is 1. The number of sulfonamides is 1. The summed E-state index contributed by atoms with van der Waals surface area (Å²) in [6.45, 7) is 3.77. The lowest BCUT2D eigenvalue weighted by Gasteiger charge is -2.37. The first-order valence-corrected chi connectivity index (χ1v) is 9.09. The molecule has 1 saturated heterocycles. The largest absolute Gasteiger partial charge is 0.460 e. The minimum atomic E-state index is -7.32. The molecule has 0 aromatic heterocycles. The van der Waals surface area contributed by atoms with Gasteiger partial charge in [0.1, 0.15) is 5.72 Å². The topological polar surface area (TPSA) is 55.8 Å². The van der Waals surface area contributed by atoms with E-state index in [1.165, 1.54) is 0 Å². The molecular formula is C13H18F9NO4S. The fraction of sp³-hybridized carbons (Fsp3) is 1.00. The van der Waals surface area contributed by atoms with Crippen molar-refractivity contribution in [3.8, 4) is 0 Å². The number of alkyl halides is 9. The molecule has 28 heavy (non-hydrogen) atoms. The van der Waals surface area contributed by atoms with Crippen molar-refractivity contribution >= 4 is 10.0 Å². The van der Waals surface area contributed by atoms with Gasteiger partial charge in [0.05, 0.1) is 13.2 Å². The van der Waals surface area contributed by atoms with Gasteiger partial charge >= 0.3 is 23.3 Å². The smallest absolute Gasteiger partial charge is 0.351 e. The lowest BCUT2D eigenvalue weighted by atomic mass is 10.1. The third-order valence-electron chi connectivity index (χ3n) is 3.68. The molecule has 1 atom stereocenters. The van der Waals surface area contributed by atoms with Gasteiger partial charge in [0.15, 0.2) is 6.29 Å². The van der Waals surface area contributed by atoms with Crippen molar-refractivity contribution in [3.05, 3.63) is 0 Å². The Labute approximate surface area is 154 Å². The van der Waals surface area contributed by atoms with Crippen molar-refractivity contribution in [2.45, 2.75) is 63.0 Å². The molecule has 0 radical (unpaired) electrons. The van der Waals surface area contributed by atoms with Crippen LogP contribution in [0.25, 0.3) is 0 Å². The standard InChI is InChI=1S/C13H18F9NO4S/c1-7(2)6-26-8-5-23(9(3,4)27-8)28(24,25)13(21,22)11(16,17)10(14,15)12(18,19)20/h7-8H,5-6H2,1-4H3. The summed E-state index contributed by atoms with van der Waals surface area (Å²) in [7, 11) is -6.75. The fourth-order valence-corrected chi connectivity index (χ4v) is 3.88.